The van der Waals surface area contributed by atoms with Crippen LogP contribution in [-0.4, -0.2) is 24.5 Å². The van der Waals surface area contributed by atoms with E-state index in [0.29, 0.717) is 0 Å². The van der Waals surface area contributed by atoms with Crippen molar-refractivity contribution in [3.05, 3.63) is 20.1 Å². The van der Waals surface area contributed by atoms with Crippen molar-refractivity contribution in [1.29, 1.82) is 0 Å². The number of ether oxygens (including phenoxy) is 1. The molecule has 0 spiro atoms. The number of hydrogen-bond donors (Lipinski definition) is 0. The average Bonchev–Trinajstić information content (AvgIpc) is 2.34. The molecule has 0 saturated carbocycles. The van der Waals surface area contributed by atoms with Gasteiger partial charge in [0.2, 0.25) is 0 Å². The Labute approximate surface area is 115 Å². The fourth-order valence-electron chi connectivity index (χ4n) is 0.472. The van der Waals surface area contributed by atoms with Crippen molar-refractivity contribution >= 4 is 70.9 Å². The van der Waals surface area contributed by atoms with Crippen LogP contribution in [0.3, 0.4) is 0 Å². The topological polar surface area (TPSA) is 77.5 Å². The molecule has 0 rings (SSSR count). The van der Waals surface area contributed by atoms with E-state index < -0.39 is 32.1 Å². The summed E-state index contributed by atoms with van der Waals surface area (Å²) >= 11 is 21.0. The summed E-state index contributed by atoms with van der Waals surface area (Å²) in [4.78, 5) is 42.5. The van der Waals surface area contributed by atoms with Crippen LogP contribution in [-0.2, 0) is 23.9 Å². The van der Waals surface area contributed by atoms with E-state index in [-0.39, 0.29) is 12.6 Å². The normalized spacial score (nSPS) is 13.2. The summed E-state index contributed by atoms with van der Waals surface area (Å²) < 4.78 is 4.08. The van der Waals surface area contributed by atoms with Gasteiger partial charge in [0.25, 0.3) is 0 Å². The van der Waals surface area contributed by atoms with Gasteiger partial charge in [-0.25, -0.2) is 9.59 Å². The molecule has 9 heteroatoms. The van der Waals surface area contributed by atoms with E-state index in [0.717, 1.165) is 0 Å². The van der Waals surface area contributed by atoms with Crippen LogP contribution in [0, 0.1) is 0 Å². The van der Waals surface area contributed by atoms with Crippen molar-refractivity contribution in [3.63, 3.8) is 0 Å². The molecule has 92 valence electrons. The van der Waals surface area contributed by atoms with E-state index in [9.17, 15) is 19.2 Å². The summed E-state index contributed by atoms with van der Waals surface area (Å²) in [5.74, 6) is -2.80. The first-order valence-electron chi connectivity index (χ1n) is 3.62. The number of aldehydes is 2. The molecule has 0 aliphatic heterocycles. The monoisotopic (exact) mass is 318 g/mol. The van der Waals surface area contributed by atoms with Crippen LogP contribution >= 0.6 is 46.4 Å². The van der Waals surface area contributed by atoms with Gasteiger partial charge in [0, 0.05) is 0 Å². The first kappa shape index (κ1) is 16.1. The number of allylic oxidation sites excluding steroid dienone is 2. The lowest BCUT2D eigenvalue weighted by molar-refractivity contribution is -0.153. The highest BCUT2D eigenvalue weighted by molar-refractivity contribution is 6.54. The summed E-state index contributed by atoms with van der Waals surface area (Å²) in [5, 5.41) is -2.90. The highest BCUT2D eigenvalue weighted by atomic mass is 35.5. The zero-order chi connectivity index (χ0) is 13.6. The van der Waals surface area contributed by atoms with E-state index in [2.05, 4.69) is 4.74 Å². The highest BCUT2D eigenvalue weighted by Gasteiger charge is 2.21. The second-order valence-electron chi connectivity index (χ2n) is 2.24. The number of esters is 2. The Morgan fingerprint density at radius 2 is 1.06 bits per heavy atom. The van der Waals surface area contributed by atoms with Crippen LogP contribution < -0.4 is 0 Å². The average molecular weight is 320 g/mol. The predicted octanol–water partition coefficient (Wildman–Crippen LogP) is 1.83. The van der Waals surface area contributed by atoms with Crippen LogP contribution in [0.5, 0.6) is 0 Å². The Morgan fingerprint density at radius 1 is 0.765 bits per heavy atom. The van der Waals surface area contributed by atoms with Crippen LogP contribution in [0.4, 0.5) is 0 Å². The highest BCUT2D eigenvalue weighted by Crippen LogP contribution is 2.17. The third-order valence-electron chi connectivity index (χ3n) is 1.17. The number of rotatable bonds is 4. The number of carbonyl (C=O) groups is 4. The van der Waals surface area contributed by atoms with Crippen molar-refractivity contribution in [2.75, 3.05) is 0 Å². The number of halogens is 4. The van der Waals surface area contributed by atoms with Gasteiger partial charge < -0.3 is 4.74 Å². The predicted molar refractivity (Wildman–Crippen MR) is 60.7 cm³/mol. The zero-order valence-electron chi connectivity index (χ0n) is 7.71. The van der Waals surface area contributed by atoms with Gasteiger partial charge in [-0.05, 0) is 0 Å². The Morgan fingerprint density at radius 3 is 1.29 bits per heavy atom. The van der Waals surface area contributed by atoms with E-state index in [1.54, 1.807) is 0 Å². The minimum absolute atomic E-state index is 0.0749. The first-order valence-corrected chi connectivity index (χ1v) is 5.13. The third kappa shape index (κ3) is 4.87. The molecule has 0 unspecified atom stereocenters. The van der Waals surface area contributed by atoms with Crippen molar-refractivity contribution in [1.82, 2.24) is 0 Å². The van der Waals surface area contributed by atoms with Gasteiger partial charge in [-0.3, -0.25) is 9.59 Å². The molecule has 0 amide bonds. The fourth-order valence-corrected chi connectivity index (χ4v) is 0.793. The minimum Gasteiger partial charge on any atom is -0.384 e. The Kier molecular flexibility index (Phi) is 7.06. The third-order valence-corrected chi connectivity index (χ3v) is 2.64. The van der Waals surface area contributed by atoms with Crippen molar-refractivity contribution in [2.24, 2.45) is 0 Å². The maximum absolute atomic E-state index is 11.1. The largest absolute Gasteiger partial charge is 0.384 e. The standard InChI is InChI=1S/C8H2Cl4O5/c9-3(1-13)5(11)7(15)17-8(16)6(12)4(10)2-14/h1-2H. The quantitative estimate of drug-likeness (QED) is 0.342. The Balaban J connectivity index is 4.91. The molecule has 5 nitrogen and oxygen atoms in total. The second kappa shape index (κ2) is 7.45. The van der Waals surface area contributed by atoms with Gasteiger partial charge in [0.05, 0.1) is 0 Å². The minimum atomic E-state index is -1.40. The molecular weight excluding hydrogens is 318 g/mol. The van der Waals surface area contributed by atoms with Gasteiger partial charge >= 0.3 is 11.9 Å². The van der Waals surface area contributed by atoms with Crippen molar-refractivity contribution < 1.29 is 23.9 Å². The first-order chi connectivity index (χ1) is 7.84. The summed E-state index contributed by atoms with van der Waals surface area (Å²) in [6.45, 7) is 0. The molecule has 0 N–H and O–H groups in total. The van der Waals surface area contributed by atoms with Gasteiger partial charge in [0.15, 0.2) is 12.6 Å². The Hall–Kier alpha value is -0.880. The summed E-state index contributed by atoms with van der Waals surface area (Å²) in [5.41, 5.74) is 0. The molecule has 17 heavy (non-hydrogen) atoms. The number of hydrogen-bond acceptors (Lipinski definition) is 5. The van der Waals surface area contributed by atoms with E-state index in [4.69, 9.17) is 46.4 Å². The maximum atomic E-state index is 11.1. The van der Waals surface area contributed by atoms with E-state index in [1.807, 2.05) is 0 Å². The maximum Gasteiger partial charge on any atom is 0.359 e. The van der Waals surface area contributed by atoms with E-state index in [1.165, 1.54) is 0 Å². The molecule has 0 aromatic carbocycles. The summed E-state index contributed by atoms with van der Waals surface area (Å²) in [6, 6.07) is 0. The molecule has 0 atom stereocenters. The molecule has 0 radical (unpaired) electrons. The van der Waals surface area contributed by atoms with Gasteiger partial charge in [-0.2, -0.15) is 0 Å². The molecule has 0 aromatic rings. The van der Waals surface area contributed by atoms with Gasteiger partial charge in [0.1, 0.15) is 20.1 Å². The van der Waals surface area contributed by atoms with Crippen molar-refractivity contribution in [2.45, 2.75) is 0 Å². The molecule has 0 aliphatic carbocycles. The number of carbonyl (C=O) groups excluding carboxylic acids is 4. The molecule has 0 aromatic heterocycles. The summed E-state index contributed by atoms with van der Waals surface area (Å²) in [7, 11) is 0. The zero-order valence-corrected chi connectivity index (χ0v) is 10.7. The SMILES string of the molecule is O=CC(Cl)=C(Cl)C(=O)OC(=O)C(Cl)=C(Cl)C=O. The van der Waals surface area contributed by atoms with Crippen LogP contribution in [0.15, 0.2) is 20.1 Å². The summed E-state index contributed by atoms with van der Waals surface area (Å²) in [6.07, 6.45) is 0.150. The Bertz CT molecular complexity index is 397. The van der Waals surface area contributed by atoms with Crippen LogP contribution in [0.2, 0.25) is 0 Å². The van der Waals surface area contributed by atoms with Gasteiger partial charge in [-0.15, -0.1) is 0 Å². The lowest BCUT2D eigenvalue weighted by Gasteiger charge is -2.01. The molecular formula is C8H2Cl4O5. The lowest BCUT2D eigenvalue weighted by atomic mass is 10.5. The van der Waals surface area contributed by atoms with Crippen molar-refractivity contribution in [3.8, 4) is 0 Å². The second-order valence-corrected chi connectivity index (χ2v) is 3.81. The molecule has 0 fully saturated rings. The molecule has 0 heterocycles. The fraction of sp³-hybridized carbons (Fsp3) is 0. The molecule has 0 bridgehead atoms. The molecule has 0 saturated heterocycles. The van der Waals surface area contributed by atoms with Crippen LogP contribution in [0.25, 0.3) is 0 Å². The lowest BCUT2D eigenvalue weighted by Crippen LogP contribution is -2.14. The molecule has 0 aliphatic rings. The smallest absolute Gasteiger partial charge is 0.359 e. The van der Waals surface area contributed by atoms with Gasteiger partial charge in [-0.1, -0.05) is 46.4 Å². The van der Waals surface area contributed by atoms with Crippen LogP contribution in [0.1, 0.15) is 0 Å². The van der Waals surface area contributed by atoms with E-state index >= 15 is 0 Å².